The van der Waals surface area contributed by atoms with Crippen molar-refractivity contribution in [3.63, 3.8) is 0 Å². The predicted molar refractivity (Wildman–Crippen MR) is 67.6 cm³/mol. The molecule has 5 nitrogen and oxygen atoms in total. The van der Waals surface area contributed by atoms with Crippen molar-refractivity contribution in [2.45, 2.75) is 13.5 Å². The van der Waals surface area contributed by atoms with Gasteiger partial charge in [-0.25, -0.2) is 0 Å². The summed E-state index contributed by atoms with van der Waals surface area (Å²) in [5.74, 6) is -0.492. The zero-order valence-electron chi connectivity index (χ0n) is 9.70. The fourth-order valence-electron chi connectivity index (χ4n) is 1.52. The van der Waals surface area contributed by atoms with Gasteiger partial charge in [-0.2, -0.15) is 5.10 Å². The van der Waals surface area contributed by atoms with Gasteiger partial charge in [-0.05, 0) is 25.1 Å². The number of H-pyrrole nitrogens is 1. The smallest absolute Gasteiger partial charge is 0.255 e. The number of aromatic nitrogens is 2. The van der Waals surface area contributed by atoms with Crippen molar-refractivity contribution in [1.29, 1.82) is 0 Å². The van der Waals surface area contributed by atoms with Crippen molar-refractivity contribution in [1.82, 2.24) is 15.5 Å². The Hall–Kier alpha value is -2.01. The fraction of sp³-hybridized carbons (Fsp3) is 0.167. The third-order valence-electron chi connectivity index (χ3n) is 2.58. The quantitative estimate of drug-likeness (QED) is 0.794. The first-order valence-electron chi connectivity index (χ1n) is 5.33. The van der Waals surface area contributed by atoms with E-state index in [4.69, 9.17) is 11.6 Å². The molecule has 0 fully saturated rings. The lowest BCUT2D eigenvalue weighted by Gasteiger charge is -2.06. The molecule has 1 heterocycles. The average Bonchev–Trinajstić information content (AvgIpc) is 2.72. The van der Waals surface area contributed by atoms with Crippen LogP contribution in [0.1, 0.15) is 21.6 Å². The second-order valence-electron chi connectivity index (χ2n) is 3.86. The zero-order chi connectivity index (χ0) is 13.1. The van der Waals surface area contributed by atoms with Crippen LogP contribution in [0, 0.1) is 6.92 Å². The van der Waals surface area contributed by atoms with Crippen molar-refractivity contribution in [2.24, 2.45) is 0 Å². The highest BCUT2D eigenvalue weighted by atomic mass is 35.5. The van der Waals surface area contributed by atoms with Crippen LogP contribution in [-0.2, 0) is 6.54 Å². The molecular weight excluding hydrogens is 254 g/mol. The van der Waals surface area contributed by atoms with E-state index in [9.17, 15) is 9.90 Å². The molecule has 3 N–H and O–H groups in total. The normalized spacial score (nSPS) is 10.3. The SMILES string of the molecule is Cc1[nH]ncc1CNC(=O)c1ccc(Cl)cc1O. The van der Waals surface area contributed by atoms with Gasteiger partial charge in [0.25, 0.3) is 5.91 Å². The van der Waals surface area contributed by atoms with Crippen molar-refractivity contribution >= 4 is 17.5 Å². The number of aromatic hydroxyl groups is 1. The number of nitrogens with zero attached hydrogens (tertiary/aromatic N) is 1. The Bertz CT molecular complexity index is 580. The molecule has 0 aliphatic rings. The van der Waals surface area contributed by atoms with Gasteiger partial charge in [-0.1, -0.05) is 11.6 Å². The summed E-state index contributed by atoms with van der Waals surface area (Å²) in [5, 5.41) is 19.3. The van der Waals surface area contributed by atoms with E-state index >= 15 is 0 Å². The molecule has 0 spiro atoms. The molecule has 2 aromatic rings. The number of carbonyl (C=O) groups is 1. The van der Waals surface area contributed by atoms with E-state index in [1.165, 1.54) is 12.1 Å². The maximum Gasteiger partial charge on any atom is 0.255 e. The van der Waals surface area contributed by atoms with Crippen molar-refractivity contribution < 1.29 is 9.90 Å². The van der Waals surface area contributed by atoms with E-state index in [0.29, 0.717) is 11.6 Å². The molecule has 0 saturated heterocycles. The molecule has 0 aliphatic carbocycles. The van der Waals surface area contributed by atoms with E-state index in [-0.39, 0.29) is 17.2 Å². The first-order valence-corrected chi connectivity index (χ1v) is 5.71. The molecule has 0 saturated carbocycles. The zero-order valence-corrected chi connectivity index (χ0v) is 10.5. The third-order valence-corrected chi connectivity index (χ3v) is 2.81. The minimum Gasteiger partial charge on any atom is -0.507 e. The lowest BCUT2D eigenvalue weighted by atomic mass is 10.2. The van der Waals surface area contributed by atoms with Crippen molar-refractivity contribution in [2.75, 3.05) is 0 Å². The number of amides is 1. The molecule has 0 atom stereocenters. The minimum absolute atomic E-state index is 0.135. The number of aryl methyl sites for hydroxylation is 1. The molecule has 1 aromatic heterocycles. The fourth-order valence-corrected chi connectivity index (χ4v) is 1.69. The minimum atomic E-state index is -0.357. The largest absolute Gasteiger partial charge is 0.507 e. The van der Waals surface area contributed by atoms with E-state index in [2.05, 4.69) is 15.5 Å². The Balaban J connectivity index is 2.06. The Kier molecular flexibility index (Phi) is 3.53. The van der Waals surface area contributed by atoms with Gasteiger partial charge in [0.15, 0.2) is 0 Å². The molecule has 0 unspecified atom stereocenters. The van der Waals surface area contributed by atoms with Gasteiger partial charge in [-0.3, -0.25) is 9.89 Å². The Morgan fingerprint density at radius 1 is 1.56 bits per heavy atom. The highest BCUT2D eigenvalue weighted by Crippen LogP contribution is 2.21. The number of hydrogen-bond donors (Lipinski definition) is 3. The van der Waals surface area contributed by atoms with Crippen molar-refractivity contribution in [3.05, 3.63) is 46.2 Å². The van der Waals surface area contributed by atoms with E-state index < -0.39 is 0 Å². The molecule has 1 aromatic carbocycles. The molecule has 2 rings (SSSR count). The second-order valence-corrected chi connectivity index (χ2v) is 4.30. The van der Waals surface area contributed by atoms with E-state index in [0.717, 1.165) is 11.3 Å². The Morgan fingerprint density at radius 3 is 2.94 bits per heavy atom. The molecular formula is C12H12ClN3O2. The van der Waals surface area contributed by atoms with Crippen LogP contribution < -0.4 is 5.32 Å². The number of benzene rings is 1. The van der Waals surface area contributed by atoms with Crippen LogP contribution in [0.15, 0.2) is 24.4 Å². The monoisotopic (exact) mass is 265 g/mol. The summed E-state index contributed by atoms with van der Waals surface area (Å²) in [4.78, 5) is 11.8. The number of nitrogens with one attached hydrogen (secondary N) is 2. The van der Waals surface area contributed by atoms with Gasteiger partial charge < -0.3 is 10.4 Å². The topological polar surface area (TPSA) is 78.0 Å². The second kappa shape index (κ2) is 5.10. The van der Waals surface area contributed by atoms with Crippen LogP contribution in [0.25, 0.3) is 0 Å². The first kappa shape index (κ1) is 12.4. The Labute approximate surface area is 109 Å². The van der Waals surface area contributed by atoms with Crippen LogP contribution in [0.2, 0.25) is 5.02 Å². The summed E-state index contributed by atoms with van der Waals surface area (Å²) < 4.78 is 0. The van der Waals surface area contributed by atoms with E-state index in [1.807, 2.05) is 6.92 Å². The number of halogens is 1. The number of carbonyl (C=O) groups excluding carboxylic acids is 1. The van der Waals surface area contributed by atoms with Crippen LogP contribution in [0.5, 0.6) is 5.75 Å². The van der Waals surface area contributed by atoms with Crippen LogP contribution in [0.4, 0.5) is 0 Å². The maximum absolute atomic E-state index is 11.8. The van der Waals surface area contributed by atoms with Gasteiger partial charge in [0.05, 0.1) is 11.8 Å². The molecule has 18 heavy (non-hydrogen) atoms. The summed E-state index contributed by atoms with van der Waals surface area (Å²) >= 11 is 5.70. The molecule has 1 amide bonds. The summed E-state index contributed by atoms with van der Waals surface area (Å²) in [6.07, 6.45) is 1.65. The number of aromatic amines is 1. The predicted octanol–water partition coefficient (Wildman–Crippen LogP) is 2.01. The van der Waals surface area contributed by atoms with Gasteiger partial charge in [0.2, 0.25) is 0 Å². The first-order chi connectivity index (χ1) is 8.58. The van der Waals surface area contributed by atoms with Crippen LogP contribution in [0.3, 0.4) is 0 Å². The standard InChI is InChI=1S/C12H12ClN3O2/c1-7-8(6-15-16-7)5-14-12(18)10-3-2-9(13)4-11(10)17/h2-4,6,17H,5H2,1H3,(H,14,18)(H,15,16). The lowest BCUT2D eigenvalue weighted by molar-refractivity contribution is 0.0948. The highest BCUT2D eigenvalue weighted by molar-refractivity contribution is 6.30. The maximum atomic E-state index is 11.8. The lowest BCUT2D eigenvalue weighted by Crippen LogP contribution is -2.23. The van der Waals surface area contributed by atoms with Crippen molar-refractivity contribution in [3.8, 4) is 5.75 Å². The van der Waals surface area contributed by atoms with Gasteiger partial charge in [0, 0.05) is 22.8 Å². The summed E-state index contributed by atoms with van der Waals surface area (Å²) in [6, 6.07) is 4.37. The van der Waals surface area contributed by atoms with Crippen LogP contribution in [-0.4, -0.2) is 21.2 Å². The van der Waals surface area contributed by atoms with Gasteiger partial charge in [0.1, 0.15) is 5.75 Å². The number of phenols is 1. The van der Waals surface area contributed by atoms with Crippen LogP contribution >= 0.6 is 11.6 Å². The Morgan fingerprint density at radius 2 is 2.33 bits per heavy atom. The summed E-state index contributed by atoms with van der Waals surface area (Å²) in [5.41, 5.74) is 1.99. The number of phenolic OH excluding ortho intramolecular Hbond substituents is 1. The molecule has 0 radical (unpaired) electrons. The summed E-state index contributed by atoms with van der Waals surface area (Å²) in [7, 11) is 0. The molecule has 0 aliphatic heterocycles. The molecule has 0 bridgehead atoms. The van der Waals surface area contributed by atoms with Gasteiger partial charge >= 0.3 is 0 Å². The van der Waals surface area contributed by atoms with Gasteiger partial charge in [-0.15, -0.1) is 0 Å². The molecule has 94 valence electrons. The summed E-state index contributed by atoms with van der Waals surface area (Å²) in [6.45, 7) is 2.22. The number of rotatable bonds is 3. The molecule has 6 heteroatoms. The number of hydrogen-bond acceptors (Lipinski definition) is 3. The average molecular weight is 266 g/mol. The highest BCUT2D eigenvalue weighted by Gasteiger charge is 2.11. The van der Waals surface area contributed by atoms with E-state index in [1.54, 1.807) is 12.3 Å². The third kappa shape index (κ3) is 2.62.